The molecule has 2 heteroatoms. The second-order valence-corrected chi connectivity index (χ2v) is 6.47. The van der Waals surface area contributed by atoms with Crippen molar-refractivity contribution in [1.82, 2.24) is 0 Å². The van der Waals surface area contributed by atoms with Crippen molar-refractivity contribution in [3.63, 3.8) is 0 Å². The van der Waals surface area contributed by atoms with Gasteiger partial charge in [-0.1, -0.05) is 39.3 Å². The summed E-state index contributed by atoms with van der Waals surface area (Å²) in [6.07, 6.45) is 5.22. The lowest BCUT2D eigenvalue weighted by Crippen LogP contribution is -2.38. The van der Waals surface area contributed by atoms with E-state index in [2.05, 4.69) is 45.0 Å². The lowest BCUT2D eigenvalue weighted by atomic mass is 9.78. The lowest BCUT2D eigenvalue weighted by molar-refractivity contribution is 0.0683. The van der Waals surface area contributed by atoms with E-state index in [0.29, 0.717) is 17.9 Å². The van der Waals surface area contributed by atoms with Gasteiger partial charge >= 0.3 is 0 Å². The van der Waals surface area contributed by atoms with Crippen LogP contribution in [0.25, 0.3) is 0 Å². The van der Waals surface area contributed by atoms with Gasteiger partial charge < -0.3 is 10.5 Å². The summed E-state index contributed by atoms with van der Waals surface area (Å²) in [7, 11) is 0. The molecular formula is C18H29NO. The predicted octanol–water partition coefficient (Wildman–Crippen LogP) is 4.34. The molecule has 0 aromatic heterocycles. The van der Waals surface area contributed by atoms with E-state index in [-0.39, 0.29) is 0 Å². The maximum Gasteiger partial charge on any atom is 0.120 e. The van der Waals surface area contributed by atoms with Crippen molar-refractivity contribution in [1.29, 1.82) is 0 Å². The van der Waals surface area contributed by atoms with Crippen LogP contribution in [0.5, 0.6) is 5.75 Å². The lowest BCUT2D eigenvalue weighted by Gasteiger charge is -2.35. The van der Waals surface area contributed by atoms with Gasteiger partial charge in [-0.2, -0.15) is 0 Å². The van der Waals surface area contributed by atoms with Crippen molar-refractivity contribution in [2.24, 2.45) is 17.6 Å². The minimum Gasteiger partial charge on any atom is -0.490 e. The first-order valence-electron chi connectivity index (χ1n) is 8.10. The summed E-state index contributed by atoms with van der Waals surface area (Å²) >= 11 is 0. The second kappa shape index (κ2) is 7.12. The molecule has 0 bridgehead atoms. The average Bonchev–Trinajstić information content (AvgIpc) is 2.47. The summed E-state index contributed by atoms with van der Waals surface area (Å²) in [6.45, 7) is 7.46. The highest BCUT2D eigenvalue weighted by molar-refractivity contribution is 5.30. The van der Waals surface area contributed by atoms with E-state index in [4.69, 9.17) is 10.5 Å². The molecule has 2 N–H and O–H groups in total. The van der Waals surface area contributed by atoms with Gasteiger partial charge in [0.25, 0.3) is 0 Å². The first-order valence-corrected chi connectivity index (χ1v) is 8.10. The molecule has 2 nitrogen and oxygen atoms in total. The average molecular weight is 275 g/mol. The summed E-state index contributed by atoms with van der Waals surface area (Å²) in [6, 6.07) is 8.54. The third-order valence-electron chi connectivity index (χ3n) is 4.73. The van der Waals surface area contributed by atoms with Crippen LogP contribution in [-0.2, 0) is 0 Å². The summed E-state index contributed by atoms with van der Waals surface area (Å²) in [5, 5.41) is 0. The van der Waals surface area contributed by atoms with Gasteiger partial charge in [-0.25, -0.2) is 0 Å². The summed E-state index contributed by atoms with van der Waals surface area (Å²) in [5.41, 5.74) is 7.27. The zero-order chi connectivity index (χ0) is 14.5. The Morgan fingerprint density at radius 2 is 2.10 bits per heavy atom. The maximum atomic E-state index is 6.30. The van der Waals surface area contributed by atoms with Crippen molar-refractivity contribution < 1.29 is 4.74 Å². The number of ether oxygens (including phenoxy) is 1. The highest BCUT2D eigenvalue weighted by atomic mass is 16.5. The smallest absolute Gasteiger partial charge is 0.120 e. The van der Waals surface area contributed by atoms with Crippen molar-refractivity contribution in [3.8, 4) is 5.75 Å². The van der Waals surface area contributed by atoms with E-state index in [1.165, 1.54) is 24.8 Å². The maximum absolute atomic E-state index is 6.30. The number of benzene rings is 1. The summed E-state index contributed by atoms with van der Waals surface area (Å²) in [4.78, 5) is 0. The van der Waals surface area contributed by atoms with E-state index in [0.717, 1.165) is 24.6 Å². The van der Waals surface area contributed by atoms with Crippen LogP contribution in [0, 0.1) is 11.8 Å². The molecule has 112 valence electrons. The van der Waals surface area contributed by atoms with E-state index < -0.39 is 0 Å². The monoisotopic (exact) mass is 275 g/mol. The Bertz CT molecular complexity index is 416. The van der Waals surface area contributed by atoms with Gasteiger partial charge in [0.15, 0.2) is 0 Å². The molecule has 2 rings (SSSR count). The Morgan fingerprint density at radius 1 is 1.30 bits per heavy atom. The molecule has 20 heavy (non-hydrogen) atoms. The fourth-order valence-electron chi connectivity index (χ4n) is 3.18. The largest absolute Gasteiger partial charge is 0.490 e. The van der Waals surface area contributed by atoms with Crippen molar-refractivity contribution in [3.05, 3.63) is 29.8 Å². The number of nitrogens with two attached hydrogens (primary N) is 1. The van der Waals surface area contributed by atoms with Crippen molar-refractivity contribution in [2.75, 3.05) is 6.54 Å². The van der Waals surface area contributed by atoms with Crippen LogP contribution in [-0.4, -0.2) is 12.6 Å². The van der Waals surface area contributed by atoms with E-state index >= 15 is 0 Å². The molecule has 0 heterocycles. The molecule has 0 radical (unpaired) electrons. The predicted molar refractivity (Wildman–Crippen MR) is 85.1 cm³/mol. The van der Waals surface area contributed by atoms with E-state index in [9.17, 15) is 0 Å². The van der Waals surface area contributed by atoms with Crippen LogP contribution in [0.3, 0.4) is 0 Å². The van der Waals surface area contributed by atoms with Gasteiger partial charge in [-0.05, 0) is 55.3 Å². The third kappa shape index (κ3) is 3.76. The van der Waals surface area contributed by atoms with Crippen molar-refractivity contribution in [2.45, 2.75) is 58.5 Å². The molecule has 1 saturated carbocycles. The third-order valence-corrected chi connectivity index (χ3v) is 4.73. The van der Waals surface area contributed by atoms with Gasteiger partial charge in [0.1, 0.15) is 11.9 Å². The normalized spacial score (nSPS) is 26.8. The topological polar surface area (TPSA) is 35.2 Å². The molecular weight excluding hydrogens is 246 g/mol. The summed E-state index contributed by atoms with van der Waals surface area (Å²) in [5.74, 6) is 2.87. The number of hydrogen-bond acceptors (Lipinski definition) is 2. The Kier molecular flexibility index (Phi) is 5.47. The SMILES string of the molecule is CCC1CCC(CN)C(Oc2cccc(C(C)C)c2)C1. The van der Waals surface area contributed by atoms with Crippen LogP contribution < -0.4 is 10.5 Å². The highest BCUT2D eigenvalue weighted by Gasteiger charge is 2.30. The zero-order valence-electron chi connectivity index (χ0n) is 13.1. The van der Waals surface area contributed by atoms with Gasteiger partial charge in [-0.15, -0.1) is 0 Å². The van der Waals surface area contributed by atoms with Crippen LogP contribution in [0.15, 0.2) is 24.3 Å². The highest BCUT2D eigenvalue weighted by Crippen LogP contribution is 2.33. The van der Waals surface area contributed by atoms with Gasteiger partial charge in [0.2, 0.25) is 0 Å². The van der Waals surface area contributed by atoms with E-state index in [1.54, 1.807) is 0 Å². The van der Waals surface area contributed by atoms with Crippen LogP contribution >= 0.6 is 0 Å². The molecule has 1 aliphatic carbocycles. The minimum absolute atomic E-state index is 0.293. The fraction of sp³-hybridized carbons (Fsp3) is 0.667. The van der Waals surface area contributed by atoms with Crippen LogP contribution in [0.1, 0.15) is 57.9 Å². The Labute approximate surface area is 123 Å². The number of rotatable bonds is 5. The van der Waals surface area contributed by atoms with Crippen LogP contribution in [0.4, 0.5) is 0 Å². The molecule has 0 amide bonds. The first kappa shape index (κ1) is 15.4. The Balaban J connectivity index is 2.07. The zero-order valence-corrected chi connectivity index (χ0v) is 13.1. The molecule has 3 unspecified atom stereocenters. The minimum atomic E-state index is 0.293. The quantitative estimate of drug-likeness (QED) is 0.867. The fourth-order valence-corrected chi connectivity index (χ4v) is 3.18. The van der Waals surface area contributed by atoms with Crippen molar-refractivity contribution >= 4 is 0 Å². The van der Waals surface area contributed by atoms with E-state index in [1.807, 2.05) is 0 Å². The second-order valence-electron chi connectivity index (χ2n) is 6.47. The van der Waals surface area contributed by atoms with Gasteiger partial charge in [0.05, 0.1) is 0 Å². The Hall–Kier alpha value is -1.02. The van der Waals surface area contributed by atoms with Gasteiger partial charge in [0, 0.05) is 5.92 Å². The summed E-state index contributed by atoms with van der Waals surface area (Å²) < 4.78 is 6.30. The standard InChI is InChI=1S/C18H29NO/c1-4-14-8-9-16(12-19)18(10-14)20-17-7-5-6-15(11-17)13(2)3/h5-7,11,13-14,16,18H,4,8-10,12,19H2,1-3H3. The first-order chi connectivity index (χ1) is 9.63. The Morgan fingerprint density at radius 3 is 2.75 bits per heavy atom. The molecule has 0 spiro atoms. The molecule has 1 fully saturated rings. The molecule has 3 atom stereocenters. The molecule has 1 aromatic carbocycles. The van der Waals surface area contributed by atoms with Crippen LogP contribution in [0.2, 0.25) is 0 Å². The molecule has 0 saturated heterocycles. The number of hydrogen-bond donors (Lipinski definition) is 1. The molecule has 0 aliphatic heterocycles. The molecule has 1 aliphatic rings. The van der Waals surface area contributed by atoms with Gasteiger partial charge in [-0.3, -0.25) is 0 Å². The molecule has 1 aromatic rings.